The van der Waals surface area contributed by atoms with E-state index in [0.717, 1.165) is 31.2 Å². The van der Waals surface area contributed by atoms with Crippen molar-refractivity contribution in [2.24, 2.45) is 11.8 Å². The molecule has 3 N–H and O–H groups in total. The Morgan fingerprint density at radius 3 is 2.41 bits per heavy atom. The Kier molecular flexibility index (Phi) is 6.48. The van der Waals surface area contributed by atoms with Crippen LogP contribution in [0.2, 0.25) is 0 Å². The van der Waals surface area contributed by atoms with E-state index in [-0.39, 0.29) is 30.2 Å². The van der Waals surface area contributed by atoms with Crippen molar-refractivity contribution in [2.45, 2.75) is 58.3 Å². The van der Waals surface area contributed by atoms with E-state index in [9.17, 15) is 14.4 Å². The van der Waals surface area contributed by atoms with Crippen LogP contribution in [-0.2, 0) is 14.4 Å². The maximum atomic E-state index is 12.2. The number of hydrogen-bond donors (Lipinski definition) is 3. The van der Waals surface area contributed by atoms with Crippen molar-refractivity contribution >= 4 is 29.1 Å². The van der Waals surface area contributed by atoms with Gasteiger partial charge in [0, 0.05) is 23.7 Å². The van der Waals surface area contributed by atoms with Crippen molar-refractivity contribution in [2.75, 3.05) is 17.2 Å². The van der Waals surface area contributed by atoms with Gasteiger partial charge in [-0.2, -0.15) is 0 Å². The predicted molar refractivity (Wildman–Crippen MR) is 105 cm³/mol. The molecule has 0 radical (unpaired) electrons. The second kappa shape index (κ2) is 9.02. The molecule has 6 heteroatoms. The second-order valence-corrected chi connectivity index (χ2v) is 7.83. The van der Waals surface area contributed by atoms with Crippen LogP contribution >= 0.6 is 0 Å². The Hall–Kier alpha value is -2.37. The molecule has 2 saturated carbocycles. The van der Waals surface area contributed by atoms with Gasteiger partial charge in [-0.3, -0.25) is 14.4 Å². The Morgan fingerprint density at radius 1 is 0.963 bits per heavy atom. The minimum Gasteiger partial charge on any atom is -0.347 e. The molecule has 27 heavy (non-hydrogen) atoms. The monoisotopic (exact) mass is 371 g/mol. The van der Waals surface area contributed by atoms with E-state index >= 15 is 0 Å². The molecule has 0 bridgehead atoms. The fourth-order valence-corrected chi connectivity index (χ4v) is 3.52. The fourth-order valence-electron chi connectivity index (χ4n) is 3.52. The van der Waals surface area contributed by atoms with Gasteiger partial charge in [0.05, 0.1) is 6.54 Å². The van der Waals surface area contributed by atoms with E-state index in [0.29, 0.717) is 23.7 Å². The average Bonchev–Trinajstić information content (AvgIpc) is 3.49. The molecule has 1 aromatic carbocycles. The number of carbonyl (C=O) groups excluding carboxylic acids is 3. The number of rotatable bonds is 7. The van der Waals surface area contributed by atoms with Crippen molar-refractivity contribution in [3.63, 3.8) is 0 Å². The summed E-state index contributed by atoms with van der Waals surface area (Å²) in [7, 11) is 0. The van der Waals surface area contributed by atoms with Gasteiger partial charge in [-0.25, -0.2) is 0 Å². The average molecular weight is 371 g/mol. The molecule has 0 atom stereocenters. The Morgan fingerprint density at radius 2 is 1.70 bits per heavy atom. The zero-order valence-corrected chi connectivity index (χ0v) is 16.0. The first-order chi connectivity index (χ1) is 13.0. The van der Waals surface area contributed by atoms with Gasteiger partial charge in [0.25, 0.3) is 0 Å². The van der Waals surface area contributed by atoms with Crippen molar-refractivity contribution in [3.8, 4) is 0 Å². The molecular weight excluding hydrogens is 342 g/mol. The normalized spacial score (nSPS) is 17.2. The van der Waals surface area contributed by atoms with Crippen molar-refractivity contribution in [3.05, 3.63) is 23.8 Å². The number of anilines is 2. The lowest BCUT2D eigenvalue weighted by Gasteiger charge is -2.20. The summed E-state index contributed by atoms with van der Waals surface area (Å²) >= 11 is 0. The third-order valence-corrected chi connectivity index (χ3v) is 5.37. The highest BCUT2D eigenvalue weighted by atomic mass is 16.2. The van der Waals surface area contributed by atoms with Crippen LogP contribution in [0.15, 0.2) is 18.2 Å². The first kappa shape index (κ1) is 19.4. The second-order valence-electron chi connectivity index (χ2n) is 7.83. The van der Waals surface area contributed by atoms with Gasteiger partial charge >= 0.3 is 0 Å². The molecule has 146 valence electrons. The van der Waals surface area contributed by atoms with Crippen LogP contribution in [0.4, 0.5) is 11.4 Å². The highest BCUT2D eigenvalue weighted by Crippen LogP contribution is 2.31. The molecular formula is C21H29N3O3. The number of nitrogens with one attached hydrogen (secondary N) is 3. The Balaban J connectivity index is 1.46. The number of hydrogen-bond acceptors (Lipinski definition) is 3. The summed E-state index contributed by atoms with van der Waals surface area (Å²) in [6.07, 6.45) is 8.28. The van der Waals surface area contributed by atoms with E-state index in [1.165, 1.54) is 19.3 Å². The SMILES string of the molecule is Cc1ccc(NC(=O)C2CC2)cc1NC(=O)CNC(=O)CC1CCCCC1. The summed E-state index contributed by atoms with van der Waals surface area (Å²) in [5.74, 6) is 0.297. The van der Waals surface area contributed by atoms with Gasteiger partial charge in [0.15, 0.2) is 0 Å². The fraction of sp³-hybridized carbons (Fsp3) is 0.571. The van der Waals surface area contributed by atoms with Crippen LogP contribution in [0.5, 0.6) is 0 Å². The van der Waals surface area contributed by atoms with Gasteiger partial charge < -0.3 is 16.0 Å². The van der Waals surface area contributed by atoms with Gasteiger partial charge in [0.1, 0.15) is 0 Å². The highest BCUT2D eigenvalue weighted by Gasteiger charge is 2.29. The molecule has 2 aliphatic carbocycles. The first-order valence-corrected chi connectivity index (χ1v) is 9.99. The highest BCUT2D eigenvalue weighted by molar-refractivity contribution is 5.97. The van der Waals surface area contributed by atoms with Gasteiger partial charge in [0.2, 0.25) is 17.7 Å². The zero-order valence-electron chi connectivity index (χ0n) is 16.0. The van der Waals surface area contributed by atoms with Crippen LogP contribution in [-0.4, -0.2) is 24.3 Å². The summed E-state index contributed by atoms with van der Waals surface area (Å²) < 4.78 is 0. The van der Waals surface area contributed by atoms with Crippen LogP contribution in [0.3, 0.4) is 0 Å². The molecule has 1 aromatic rings. The molecule has 2 fully saturated rings. The topological polar surface area (TPSA) is 87.3 Å². The molecule has 0 heterocycles. The standard InChI is InChI=1S/C21H29N3O3/c1-14-7-10-17(23-21(27)16-8-9-16)12-18(14)24-20(26)13-22-19(25)11-15-5-3-2-4-6-15/h7,10,12,15-16H,2-6,8-9,11,13H2,1H3,(H,22,25)(H,23,27)(H,24,26). The summed E-state index contributed by atoms with van der Waals surface area (Å²) in [6.45, 7) is 1.85. The number of carbonyl (C=O) groups is 3. The van der Waals surface area contributed by atoms with Crippen LogP contribution < -0.4 is 16.0 Å². The van der Waals surface area contributed by atoms with Gasteiger partial charge in [-0.15, -0.1) is 0 Å². The largest absolute Gasteiger partial charge is 0.347 e. The quantitative estimate of drug-likeness (QED) is 0.687. The molecule has 0 aromatic heterocycles. The smallest absolute Gasteiger partial charge is 0.243 e. The lowest BCUT2D eigenvalue weighted by Crippen LogP contribution is -2.34. The van der Waals surface area contributed by atoms with Crippen molar-refractivity contribution < 1.29 is 14.4 Å². The van der Waals surface area contributed by atoms with Crippen LogP contribution in [0.1, 0.15) is 56.9 Å². The van der Waals surface area contributed by atoms with Crippen molar-refractivity contribution in [1.82, 2.24) is 5.32 Å². The number of amides is 3. The van der Waals surface area contributed by atoms with E-state index in [2.05, 4.69) is 16.0 Å². The van der Waals surface area contributed by atoms with E-state index in [1.807, 2.05) is 19.1 Å². The molecule has 0 spiro atoms. The number of benzene rings is 1. The summed E-state index contributed by atoms with van der Waals surface area (Å²) in [5.41, 5.74) is 2.23. The summed E-state index contributed by atoms with van der Waals surface area (Å²) in [4.78, 5) is 36.1. The summed E-state index contributed by atoms with van der Waals surface area (Å²) in [6, 6.07) is 5.45. The van der Waals surface area contributed by atoms with Crippen molar-refractivity contribution in [1.29, 1.82) is 0 Å². The van der Waals surface area contributed by atoms with Gasteiger partial charge in [-0.1, -0.05) is 25.3 Å². The molecule has 2 aliphatic rings. The van der Waals surface area contributed by atoms with Gasteiger partial charge in [-0.05, 0) is 56.2 Å². The molecule has 0 unspecified atom stereocenters. The van der Waals surface area contributed by atoms with E-state index < -0.39 is 0 Å². The predicted octanol–water partition coefficient (Wildman–Crippen LogP) is 3.37. The Bertz CT molecular complexity index is 707. The maximum absolute atomic E-state index is 12.2. The lowest BCUT2D eigenvalue weighted by atomic mass is 9.87. The maximum Gasteiger partial charge on any atom is 0.243 e. The molecule has 0 aliphatic heterocycles. The third kappa shape index (κ3) is 6.08. The van der Waals surface area contributed by atoms with Crippen LogP contribution in [0.25, 0.3) is 0 Å². The van der Waals surface area contributed by atoms with Crippen LogP contribution in [0, 0.1) is 18.8 Å². The molecule has 3 rings (SSSR count). The van der Waals surface area contributed by atoms with E-state index in [4.69, 9.17) is 0 Å². The molecule has 0 saturated heterocycles. The lowest BCUT2D eigenvalue weighted by molar-refractivity contribution is -0.125. The minimum absolute atomic E-state index is 0.0334. The molecule has 3 amide bonds. The third-order valence-electron chi connectivity index (χ3n) is 5.37. The summed E-state index contributed by atoms with van der Waals surface area (Å²) in [5, 5.41) is 8.42. The zero-order chi connectivity index (χ0) is 19.2. The Labute approximate surface area is 160 Å². The molecule has 6 nitrogen and oxygen atoms in total. The first-order valence-electron chi connectivity index (χ1n) is 9.99. The minimum atomic E-state index is -0.263. The van der Waals surface area contributed by atoms with E-state index in [1.54, 1.807) is 6.07 Å². The number of aryl methyl sites for hydroxylation is 1.